The van der Waals surface area contributed by atoms with Crippen LogP contribution in [0.4, 0.5) is 0 Å². The highest BCUT2D eigenvalue weighted by molar-refractivity contribution is 5.85. The van der Waals surface area contributed by atoms with Crippen molar-refractivity contribution in [2.45, 2.75) is 19.4 Å². The van der Waals surface area contributed by atoms with Gasteiger partial charge in [-0.25, -0.2) is 0 Å². The van der Waals surface area contributed by atoms with E-state index < -0.39 is 0 Å². The number of hydrogen-bond donors (Lipinski definition) is 1. The molecular weight excluding hydrogens is 262 g/mol. The zero-order valence-electron chi connectivity index (χ0n) is 10.8. The number of ether oxygens (including phenoxy) is 1. The lowest BCUT2D eigenvalue weighted by molar-refractivity contribution is -0.143. The molecule has 0 aliphatic heterocycles. The molecule has 2 rings (SSSR count). The molecule has 0 amide bonds. The molecule has 0 heterocycles. The number of esters is 1. The van der Waals surface area contributed by atoms with Gasteiger partial charge in [-0.3, -0.25) is 4.79 Å². The Morgan fingerprint density at radius 3 is 2.58 bits per heavy atom. The van der Waals surface area contributed by atoms with E-state index in [9.17, 15) is 4.79 Å². The summed E-state index contributed by atoms with van der Waals surface area (Å²) in [6.07, 6.45) is 0.214. The molecule has 2 N–H and O–H groups in total. The van der Waals surface area contributed by atoms with E-state index in [4.69, 9.17) is 10.5 Å². The second kappa shape index (κ2) is 7.12. The summed E-state index contributed by atoms with van der Waals surface area (Å²) in [6, 6.07) is 13.8. The Morgan fingerprint density at radius 2 is 1.89 bits per heavy atom. The largest absolute Gasteiger partial charge is 0.466 e. The number of hydrogen-bond acceptors (Lipinski definition) is 3. The van der Waals surface area contributed by atoms with Crippen molar-refractivity contribution in [1.29, 1.82) is 0 Å². The van der Waals surface area contributed by atoms with Gasteiger partial charge in [0.05, 0.1) is 13.0 Å². The Balaban J connectivity index is 0.00000180. The van der Waals surface area contributed by atoms with Crippen LogP contribution in [0, 0.1) is 0 Å². The van der Waals surface area contributed by atoms with Crippen molar-refractivity contribution >= 4 is 29.1 Å². The van der Waals surface area contributed by atoms with Crippen LogP contribution in [-0.2, 0) is 9.53 Å². The van der Waals surface area contributed by atoms with Gasteiger partial charge in [0.15, 0.2) is 0 Å². The van der Waals surface area contributed by atoms with Gasteiger partial charge in [0, 0.05) is 6.04 Å². The zero-order chi connectivity index (χ0) is 13.0. The molecule has 102 valence electrons. The normalized spacial score (nSPS) is 11.7. The Kier molecular flexibility index (Phi) is 5.80. The third kappa shape index (κ3) is 3.94. The smallest absolute Gasteiger partial charge is 0.307 e. The van der Waals surface area contributed by atoms with Gasteiger partial charge in [-0.1, -0.05) is 36.4 Å². The molecular formula is C15H18ClNO2. The van der Waals surface area contributed by atoms with E-state index in [-0.39, 0.29) is 30.8 Å². The van der Waals surface area contributed by atoms with Gasteiger partial charge in [-0.05, 0) is 29.3 Å². The standard InChI is InChI=1S/C15H17NO2.ClH/c1-2-18-15(17)10-14(16)13-8-7-11-5-3-4-6-12(11)9-13;/h3-9,14H,2,10,16H2,1H3;1H/t14-;/m0./s1. The van der Waals surface area contributed by atoms with Crippen LogP contribution in [0.1, 0.15) is 24.9 Å². The minimum absolute atomic E-state index is 0. The van der Waals surface area contributed by atoms with Crippen molar-refractivity contribution in [1.82, 2.24) is 0 Å². The SMILES string of the molecule is CCOC(=O)C[C@H](N)c1ccc2ccccc2c1.Cl. The van der Waals surface area contributed by atoms with Crippen LogP contribution >= 0.6 is 12.4 Å². The average Bonchev–Trinajstić information content (AvgIpc) is 2.38. The van der Waals surface area contributed by atoms with E-state index in [1.165, 1.54) is 5.39 Å². The average molecular weight is 280 g/mol. The Morgan fingerprint density at radius 1 is 1.21 bits per heavy atom. The van der Waals surface area contributed by atoms with Crippen LogP contribution in [-0.4, -0.2) is 12.6 Å². The maximum Gasteiger partial charge on any atom is 0.307 e. The molecule has 0 saturated carbocycles. The summed E-state index contributed by atoms with van der Waals surface area (Å²) in [5, 5.41) is 2.30. The monoisotopic (exact) mass is 279 g/mol. The van der Waals surface area contributed by atoms with Gasteiger partial charge >= 0.3 is 5.97 Å². The summed E-state index contributed by atoms with van der Waals surface area (Å²) in [4.78, 5) is 11.4. The zero-order valence-corrected chi connectivity index (χ0v) is 11.7. The number of carbonyl (C=O) groups excluding carboxylic acids is 1. The van der Waals surface area contributed by atoms with E-state index in [1.807, 2.05) is 36.4 Å². The van der Waals surface area contributed by atoms with Crippen molar-refractivity contribution in [3.05, 3.63) is 48.0 Å². The van der Waals surface area contributed by atoms with E-state index in [0.29, 0.717) is 6.61 Å². The highest BCUT2D eigenvalue weighted by atomic mass is 35.5. The van der Waals surface area contributed by atoms with E-state index in [0.717, 1.165) is 10.9 Å². The first kappa shape index (κ1) is 15.5. The van der Waals surface area contributed by atoms with Crippen LogP contribution in [0.15, 0.2) is 42.5 Å². The molecule has 4 heteroatoms. The first-order valence-electron chi connectivity index (χ1n) is 6.10. The molecule has 19 heavy (non-hydrogen) atoms. The highest BCUT2D eigenvalue weighted by Crippen LogP contribution is 2.21. The Hall–Kier alpha value is -1.58. The third-order valence-corrected chi connectivity index (χ3v) is 2.89. The summed E-state index contributed by atoms with van der Waals surface area (Å²) in [5.74, 6) is -0.252. The predicted octanol–water partition coefficient (Wildman–Crippen LogP) is 3.21. The molecule has 0 radical (unpaired) electrons. The summed E-state index contributed by atoms with van der Waals surface area (Å²) < 4.78 is 4.90. The lowest BCUT2D eigenvalue weighted by atomic mass is 10.0. The molecule has 2 aromatic carbocycles. The number of benzene rings is 2. The molecule has 0 bridgehead atoms. The fourth-order valence-corrected chi connectivity index (χ4v) is 1.96. The van der Waals surface area contributed by atoms with Crippen LogP contribution in [0.25, 0.3) is 10.8 Å². The van der Waals surface area contributed by atoms with Crippen molar-refractivity contribution in [2.75, 3.05) is 6.61 Å². The maximum absolute atomic E-state index is 11.4. The first-order chi connectivity index (χ1) is 8.70. The maximum atomic E-state index is 11.4. The molecule has 3 nitrogen and oxygen atoms in total. The number of carbonyl (C=O) groups is 1. The minimum Gasteiger partial charge on any atom is -0.466 e. The van der Waals surface area contributed by atoms with Crippen molar-refractivity contribution in [2.24, 2.45) is 5.73 Å². The van der Waals surface area contributed by atoms with Gasteiger partial charge in [-0.15, -0.1) is 12.4 Å². The molecule has 0 aliphatic carbocycles. The summed E-state index contributed by atoms with van der Waals surface area (Å²) in [6.45, 7) is 2.18. The fourth-order valence-electron chi connectivity index (χ4n) is 1.96. The summed E-state index contributed by atoms with van der Waals surface area (Å²) >= 11 is 0. The second-order valence-electron chi connectivity index (χ2n) is 4.22. The Labute approximate surface area is 119 Å². The van der Waals surface area contributed by atoms with Gasteiger partial charge < -0.3 is 10.5 Å². The first-order valence-corrected chi connectivity index (χ1v) is 6.10. The topological polar surface area (TPSA) is 52.3 Å². The van der Waals surface area contributed by atoms with Gasteiger partial charge in [0.2, 0.25) is 0 Å². The fraction of sp³-hybridized carbons (Fsp3) is 0.267. The molecule has 0 aliphatic rings. The molecule has 0 aromatic heterocycles. The second-order valence-corrected chi connectivity index (χ2v) is 4.22. The van der Waals surface area contributed by atoms with Crippen molar-refractivity contribution in [3.63, 3.8) is 0 Å². The van der Waals surface area contributed by atoms with Gasteiger partial charge in [-0.2, -0.15) is 0 Å². The van der Waals surface area contributed by atoms with Crippen LogP contribution < -0.4 is 5.73 Å². The molecule has 2 aromatic rings. The summed E-state index contributed by atoms with van der Waals surface area (Å²) in [5.41, 5.74) is 6.98. The van der Waals surface area contributed by atoms with Gasteiger partial charge in [0.1, 0.15) is 0 Å². The Bertz CT molecular complexity index is 557. The van der Waals surface area contributed by atoms with Crippen molar-refractivity contribution in [3.8, 4) is 0 Å². The molecule has 0 fully saturated rings. The molecule has 0 unspecified atom stereocenters. The predicted molar refractivity (Wildman–Crippen MR) is 79.4 cm³/mol. The van der Waals surface area contributed by atoms with Gasteiger partial charge in [0.25, 0.3) is 0 Å². The van der Waals surface area contributed by atoms with Crippen molar-refractivity contribution < 1.29 is 9.53 Å². The lowest BCUT2D eigenvalue weighted by Gasteiger charge is -2.12. The summed E-state index contributed by atoms with van der Waals surface area (Å²) in [7, 11) is 0. The number of rotatable bonds is 4. The molecule has 0 spiro atoms. The van der Waals surface area contributed by atoms with E-state index in [1.54, 1.807) is 6.92 Å². The lowest BCUT2D eigenvalue weighted by Crippen LogP contribution is -2.17. The number of nitrogens with two attached hydrogens (primary N) is 1. The van der Waals surface area contributed by atoms with E-state index in [2.05, 4.69) is 6.07 Å². The van der Waals surface area contributed by atoms with Crippen LogP contribution in [0.3, 0.4) is 0 Å². The quantitative estimate of drug-likeness (QED) is 0.875. The third-order valence-electron chi connectivity index (χ3n) is 2.89. The van der Waals surface area contributed by atoms with E-state index >= 15 is 0 Å². The van der Waals surface area contributed by atoms with Crippen LogP contribution in [0.5, 0.6) is 0 Å². The molecule has 0 saturated heterocycles. The minimum atomic E-state index is -0.311. The number of halogens is 1. The number of fused-ring (bicyclic) bond motifs is 1. The molecule has 1 atom stereocenters. The van der Waals surface area contributed by atoms with Crippen LogP contribution in [0.2, 0.25) is 0 Å². The highest BCUT2D eigenvalue weighted by Gasteiger charge is 2.12.